The molecule has 2 aromatic rings. The van der Waals surface area contributed by atoms with E-state index in [9.17, 15) is 10.1 Å². The van der Waals surface area contributed by atoms with E-state index in [2.05, 4.69) is 31.8 Å². The van der Waals surface area contributed by atoms with E-state index >= 15 is 0 Å². The average Bonchev–Trinajstić information content (AvgIpc) is 2.77. The number of hydrogen-bond donors (Lipinski definition) is 0. The Kier molecular flexibility index (Phi) is 5.93. The van der Waals surface area contributed by atoms with Crippen molar-refractivity contribution in [2.24, 2.45) is 0 Å². The van der Waals surface area contributed by atoms with Crippen molar-refractivity contribution in [2.45, 2.75) is 66.2 Å². The molecular weight excluding hydrogens is 304 g/mol. The molecule has 0 atom stereocenters. The van der Waals surface area contributed by atoms with Gasteiger partial charge in [-0.05, 0) is 37.0 Å². The summed E-state index contributed by atoms with van der Waals surface area (Å²) in [5.41, 5.74) is 1.86. The lowest BCUT2D eigenvalue weighted by molar-refractivity contribution is -0.386. The molecule has 0 bridgehead atoms. The van der Waals surface area contributed by atoms with Gasteiger partial charge >= 0.3 is 0 Å². The Morgan fingerprint density at radius 2 is 1.67 bits per heavy atom. The first kappa shape index (κ1) is 19.9. The number of furan rings is 1. The molecule has 5 heteroatoms. The van der Waals surface area contributed by atoms with Crippen LogP contribution >= 0.6 is 0 Å². The van der Waals surface area contributed by atoms with Crippen LogP contribution in [0.15, 0.2) is 28.8 Å². The lowest BCUT2D eigenvalue weighted by Crippen LogP contribution is -2.15. The average molecular weight is 332 g/mol. The topological polar surface area (TPSA) is 69.2 Å². The Bertz CT molecular complexity index is 704. The van der Waals surface area contributed by atoms with Crippen LogP contribution in [0.5, 0.6) is 0 Å². The predicted molar refractivity (Wildman–Crippen MR) is 96.5 cm³/mol. The summed E-state index contributed by atoms with van der Waals surface area (Å²) in [4.78, 5) is 14.3. The molecule has 0 saturated heterocycles. The van der Waals surface area contributed by atoms with E-state index < -0.39 is 4.92 Å². The highest BCUT2D eigenvalue weighted by Crippen LogP contribution is 2.28. The predicted octanol–water partition coefficient (Wildman–Crippen LogP) is 5.48. The van der Waals surface area contributed by atoms with Crippen LogP contribution in [-0.2, 0) is 10.8 Å². The van der Waals surface area contributed by atoms with Gasteiger partial charge in [-0.1, -0.05) is 41.5 Å². The van der Waals surface area contributed by atoms with Gasteiger partial charge in [-0.3, -0.25) is 15.1 Å². The van der Waals surface area contributed by atoms with Crippen molar-refractivity contribution in [3.63, 3.8) is 0 Å². The third-order valence-corrected chi connectivity index (χ3v) is 3.54. The molecule has 0 aliphatic heterocycles. The molecule has 0 fully saturated rings. The van der Waals surface area contributed by atoms with Gasteiger partial charge in [0.05, 0.1) is 4.92 Å². The Balaban J connectivity index is 0.000000243. The van der Waals surface area contributed by atoms with E-state index in [4.69, 9.17) is 4.42 Å². The fraction of sp³-hybridized carbons (Fsp3) is 0.526. The minimum absolute atomic E-state index is 0.0926. The molecule has 0 aliphatic rings. The molecule has 2 rings (SSSR count). The first-order chi connectivity index (χ1) is 10.8. The molecule has 0 radical (unpaired) electrons. The molecule has 0 spiro atoms. The molecule has 2 heterocycles. The number of hydrogen-bond acceptors (Lipinski definition) is 4. The third kappa shape index (κ3) is 5.18. The zero-order valence-corrected chi connectivity index (χ0v) is 15.9. The van der Waals surface area contributed by atoms with Crippen molar-refractivity contribution in [2.75, 3.05) is 0 Å². The molecule has 132 valence electrons. The molecule has 0 aliphatic carbocycles. The van der Waals surface area contributed by atoms with Crippen molar-refractivity contribution in [1.82, 2.24) is 4.98 Å². The van der Waals surface area contributed by atoms with Crippen molar-refractivity contribution >= 4 is 5.69 Å². The number of nitro groups is 1. The normalized spacial score (nSPS) is 11.7. The second kappa shape index (κ2) is 7.16. The molecule has 5 nitrogen and oxygen atoms in total. The molecule has 0 amide bonds. The van der Waals surface area contributed by atoms with Gasteiger partial charge in [-0.2, -0.15) is 0 Å². The highest BCUT2D eigenvalue weighted by Gasteiger charge is 2.25. The van der Waals surface area contributed by atoms with Gasteiger partial charge in [0.1, 0.15) is 17.2 Å². The number of aromatic nitrogens is 1. The summed E-state index contributed by atoms with van der Waals surface area (Å²) in [5, 5.41) is 10.6. The maximum Gasteiger partial charge on any atom is 0.291 e. The van der Waals surface area contributed by atoms with Crippen LogP contribution in [0.2, 0.25) is 0 Å². The molecule has 0 aromatic carbocycles. The summed E-state index contributed by atoms with van der Waals surface area (Å²) >= 11 is 0. The van der Waals surface area contributed by atoms with Crippen molar-refractivity contribution in [1.29, 1.82) is 0 Å². The Morgan fingerprint density at radius 3 is 1.96 bits per heavy atom. The Morgan fingerprint density at radius 1 is 1.08 bits per heavy atom. The quantitative estimate of drug-likeness (QED) is 0.512. The van der Waals surface area contributed by atoms with E-state index in [1.54, 1.807) is 12.3 Å². The number of aryl methyl sites for hydroxylation is 2. The summed E-state index contributed by atoms with van der Waals surface area (Å²) in [5.74, 6) is 2.06. The van der Waals surface area contributed by atoms with Crippen molar-refractivity contribution in [3.8, 4) is 0 Å². The maximum atomic E-state index is 10.6. The van der Waals surface area contributed by atoms with Crippen molar-refractivity contribution in [3.05, 3.63) is 57.3 Å². The van der Waals surface area contributed by atoms with Gasteiger partial charge in [0.15, 0.2) is 0 Å². The highest BCUT2D eigenvalue weighted by atomic mass is 16.6. The van der Waals surface area contributed by atoms with Crippen LogP contribution in [0.1, 0.15) is 64.3 Å². The number of nitrogens with zero attached hydrogens (tertiary/aromatic N) is 2. The monoisotopic (exact) mass is 332 g/mol. The van der Waals surface area contributed by atoms with Crippen LogP contribution in [-0.4, -0.2) is 9.91 Å². The molecule has 0 unspecified atom stereocenters. The summed E-state index contributed by atoms with van der Waals surface area (Å²) < 4.78 is 5.44. The Hall–Kier alpha value is -2.17. The van der Waals surface area contributed by atoms with Gasteiger partial charge in [-0.25, -0.2) is 0 Å². The summed E-state index contributed by atoms with van der Waals surface area (Å²) in [7, 11) is 0. The standard InChI is InChI=1S/C10H16O.C9H12N2O2/c1-7-6-9(8(2)11-7)10(3,4)5;1-9(2,3)8-7(11(12)13)5-4-6-10-8/h6H,1-5H3;4-6H,1-3H3. The summed E-state index contributed by atoms with van der Waals surface area (Å²) in [6.07, 6.45) is 1.58. The highest BCUT2D eigenvalue weighted by molar-refractivity contribution is 5.38. The SMILES string of the molecule is CC(C)(C)c1ncccc1[N+](=O)[O-].Cc1cc(C(C)(C)C)c(C)o1. The van der Waals surface area contributed by atoms with Gasteiger partial charge in [0.2, 0.25) is 0 Å². The van der Waals surface area contributed by atoms with Crippen LogP contribution in [0, 0.1) is 24.0 Å². The van der Waals surface area contributed by atoms with Gasteiger partial charge < -0.3 is 4.42 Å². The molecule has 24 heavy (non-hydrogen) atoms. The van der Waals surface area contributed by atoms with E-state index in [0.717, 1.165) is 11.5 Å². The smallest absolute Gasteiger partial charge is 0.291 e. The van der Waals surface area contributed by atoms with Gasteiger partial charge in [0, 0.05) is 17.7 Å². The number of pyridine rings is 1. The van der Waals surface area contributed by atoms with E-state index in [1.807, 2.05) is 34.6 Å². The van der Waals surface area contributed by atoms with E-state index in [0.29, 0.717) is 5.69 Å². The van der Waals surface area contributed by atoms with Crippen LogP contribution in [0.25, 0.3) is 0 Å². The zero-order valence-electron chi connectivity index (χ0n) is 15.9. The Labute approximate surface area is 144 Å². The molecule has 2 aromatic heterocycles. The molecule has 0 N–H and O–H groups in total. The fourth-order valence-electron chi connectivity index (χ4n) is 2.50. The zero-order chi connectivity index (χ0) is 18.7. The minimum atomic E-state index is -0.395. The number of rotatable bonds is 1. The second-order valence-electron chi connectivity index (χ2n) is 7.96. The van der Waals surface area contributed by atoms with Crippen LogP contribution in [0.4, 0.5) is 5.69 Å². The summed E-state index contributed by atoms with van der Waals surface area (Å²) in [6.45, 7) is 16.3. The van der Waals surface area contributed by atoms with Crippen LogP contribution < -0.4 is 0 Å². The van der Waals surface area contributed by atoms with Gasteiger partial charge in [0.25, 0.3) is 5.69 Å². The first-order valence-electron chi connectivity index (χ1n) is 8.01. The van der Waals surface area contributed by atoms with Crippen molar-refractivity contribution < 1.29 is 9.34 Å². The lowest BCUT2D eigenvalue weighted by Gasteiger charge is -2.16. The fourth-order valence-corrected chi connectivity index (χ4v) is 2.50. The van der Waals surface area contributed by atoms with Gasteiger partial charge in [-0.15, -0.1) is 0 Å². The minimum Gasteiger partial charge on any atom is -0.466 e. The van der Waals surface area contributed by atoms with E-state index in [-0.39, 0.29) is 16.5 Å². The first-order valence-corrected chi connectivity index (χ1v) is 8.01. The van der Waals surface area contributed by atoms with Crippen LogP contribution in [0.3, 0.4) is 0 Å². The third-order valence-electron chi connectivity index (χ3n) is 3.54. The largest absolute Gasteiger partial charge is 0.466 e. The lowest BCUT2D eigenvalue weighted by atomic mass is 9.87. The summed E-state index contributed by atoms with van der Waals surface area (Å²) in [6, 6.07) is 5.18. The maximum absolute atomic E-state index is 10.6. The molecule has 0 saturated carbocycles. The molecular formula is C19H28N2O3. The van der Waals surface area contributed by atoms with E-state index in [1.165, 1.54) is 11.6 Å². The second-order valence-corrected chi connectivity index (χ2v) is 7.96.